The van der Waals surface area contributed by atoms with E-state index in [9.17, 15) is 17.4 Å². The van der Waals surface area contributed by atoms with Crippen LogP contribution in [0.1, 0.15) is 40.0 Å². The molecule has 1 rings (SSSR count). The minimum Gasteiger partial charge on any atom is -0.242 e. The molecule has 2 nitrogen and oxygen atoms in total. The molecule has 0 aromatic heterocycles. The molecule has 0 saturated heterocycles. The zero-order valence-electron chi connectivity index (χ0n) is 9.73. The molecule has 1 saturated carbocycles. The molecule has 0 heterocycles. The first kappa shape index (κ1) is 14.0. The first-order chi connectivity index (χ1) is 7.12. The molecule has 1 fully saturated rings. The van der Waals surface area contributed by atoms with E-state index in [1.165, 1.54) is 0 Å². The van der Waals surface area contributed by atoms with Gasteiger partial charge in [-0.15, -0.1) is 0 Å². The van der Waals surface area contributed by atoms with Crippen molar-refractivity contribution in [3.63, 3.8) is 0 Å². The van der Waals surface area contributed by atoms with E-state index < -0.39 is 33.9 Å². The lowest BCUT2D eigenvalue weighted by atomic mass is 9.80. The van der Waals surface area contributed by atoms with Crippen molar-refractivity contribution in [2.45, 2.75) is 57.0 Å². The first-order valence-corrected chi connectivity index (χ1v) is 6.52. The fraction of sp³-hybridized carbons (Fsp3) is 1.00. The molecule has 0 aromatic rings. The minimum absolute atomic E-state index is 0.411. The molecule has 96 valence electrons. The quantitative estimate of drug-likeness (QED) is 0.827. The number of halogens is 3. The third-order valence-electron chi connectivity index (χ3n) is 2.76. The van der Waals surface area contributed by atoms with Gasteiger partial charge in [-0.05, 0) is 39.5 Å². The highest BCUT2D eigenvalue weighted by Gasteiger charge is 2.47. The summed E-state index contributed by atoms with van der Waals surface area (Å²) in [5, 5.41) is 0. The van der Waals surface area contributed by atoms with E-state index in [1.54, 1.807) is 20.8 Å². The summed E-state index contributed by atoms with van der Waals surface area (Å²) in [6.07, 6.45) is -2.34. The smallest absolute Gasteiger partial charge is 0.242 e. The molecular weight excluding hydrogens is 239 g/mol. The van der Waals surface area contributed by atoms with E-state index >= 15 is 0 Å². The van der Waals surface area contributed by atoms with Gasteiger partial charge in [0, 0.05) is 0 Å². The van der Waals surface area contributed by atoms with Crippen LogP contribution in [0.3, 0.4) is 0 Å². The highest BCUT2D eigenvalue weighted by atomic mass is 32.2. The van der Waals surface area contributed by atoms with Crippen molar-refractivity contribution in [2.75, 3.05) is 0 Å². The standard InChI is InChI=1S/C10H18F3NOS/c1-9(2,3)16(15)14-8(10(11,12)13)7-5-4-6-7/h7-8,14H,4-6H2,1-3H3/t8?,16-/m0/s1. The van der Waals surface area contributed by atoms with Gasteiger partial charge >= 0.3 is 6.18 Å². The third-order valence-corrected chi connectivity index (χ3v) is 4.34. The Morgan fingerprint density at radius 1 is 1.25 bits per heavy atom. The molecule has 0 bridgehead atoms. The predicted molar refractivity (Wildman–Crippen MR) is 58.2 cm³/mol. The fourth-order valence-corrected chi connectivity index (χ4v) is 2.41. The van der Waals surface area contributed by atoms with Crippen LogP contribution in [-0.4, -0.2) is 21.2 Å². The third kappa shape index (κ3) is 3.45. The van der Waals surface area contributed by atoms with Crippen LogP contribution >= 0.6 is 0 Å². The van der Waals surface area contributed by atoms with Gasteiger partial charge in [-0.25, -0.2) is 8.93 Å². The Balaban J connectivity index is 2.68. The summed E-state index contributed by atoms with van der Waals surface area (Å²) in [4.78, 5) is 0. The van der Waals surface area contributed by atoms with Crippen LogP contribution in [-0.2, 0) is 11.0 Å². The van der Waals surface area contributed by atoms with Gasteiger partial charge in [0.1, 0.15) is 6.04 Å². The van der Waals surface area contributed by atoms with Crippen molar-refractivity contribution < 1.29 is 17.4 Å². The lowest BCUT2D eigenvalue weighted by Gasteiger charge is -2.36. The van der Waals surface area contributed by atoms with Crippen LogP contribution < -0.4 is 4.72 Å². The highest BCUT2D eigenvalue weighted by molar-refractivity contribution is 7.84. The van der Waals surface area contributed by atoms with Crippen LogP contribution in [0.4, 0.5) is 13.2 Å². The van der Waals surface area contributed by atoms with Crippen LogP contribution in [0.2, 0.25) is 0 Å². The maximum atomic E-state index is 12.7. The molecular formula is C10H18F3NOS. The Bertz CT molecular complexity index is 268. The zero-order chi connectivity index (χ0) is 12.6. The normalized spacial score (nSPS) is 22.6. The van der Waals surface area contributed by atoms with E-state index in [2.05, 4.69) is 4.72 Å². The Hall–Kier alpha value is -0.100. The first-order valence-electron chi connectivity index (χ1n) is 5.37. The lowest BCUT2D eigenvalue weighted by Crippen LogP contribution is -2.53. The van der Waals surface area contributed by atoms with Gasteiger partial charge < -0.3 is 0 Å². The maximum Gasteiger partial charge on any atom is 0.405 e. The Kier molecular flexibility index (Phi) is 4.05. The van der Waals surface area contributed by atoms with Crippen molar-refractivity contribution >= 4 is 11.0 Å². The van der Waals surface area contributed by atoms with Gasteiger partial charge in [-0.3, -0.25) is 0 Å². The molecule has 0 spiro atoms. The molecule has 6 heteroatoms. The summed E-state index contributed by atoms with van der Waals surface area (Å²) in [5.41, 5.74) is 0. The maximum absolute atomic E-state index is 12.7. The largest absolute Gasteiger partial charge is 0.405 e. The monoisotopic (exact) mass is 257 g/mol. The van der Waals surface area contributed by atoms with Crippen LogP contribution in [0.15, 0.2) is 0 Å². The van der Waals surface area contributed by atoms with Crippen molar-refractivity contribution in [3.8, 4) is 0 Å². The van der Waals surface area contributed by atoms with Crippen LogP contribution in [0.5, 0.6) is 0 Å². The van der Waals surface area contributed by atoms with Crippen molar-refractivity contribution in [3.05, 3.63) is 0 Å². The van der Waals surface area contributed by atoms with Gasteiger partial charge in [0.2, 0.25) is 0 Å². The Morgan fingerprint density at radius 3 is 2.00 bits per heavy atom. The molecule has 0 aromatic carbocycles. The molecule has 0 radical (unpaired) electrons. The van der Waals surface area contributed by atoms with Crippen LogP contribution in [0.25, 0.3) is 0 Å². The van der Waals surface area contributed by atoms with Gasteiger partial charge in [-0.2, -0.15) is 13.2 Å². The zero-order valence-corrected chi connectivity index (χ0v) is 10.5. The van der Waals surface area contributed by atoms with Crippen molar-refractivity contribution in [1.82, 2.24) is 4.72 Å². The average molecular weight is 257 g/mol. The fourth-order valence-electron chi connectivity index (χ4n) is 1.50. The van der Waals surface area contributed by atoms with Gasteiger partial charge in [0.15, 0.2) is 0 Å². The molecule has 0 amide bonds. The number of alkyl halides is 3. The van der Waals surface area contributed by atoms with E-state index in [-0.39, 0.29) is 0 Å². The van der Waals surface area contributed by atoms with E-state index in [0.29, 0.717) is 12.8 Å². The molecule has 1 aliphatic carbocycles. The summed E-state index contributed by atoms with van der Waals surface area (Å²) in [7, 11) is -1.67. The molecule has 16 heavy (non-hydrogen) atoms. The Morgan fingerprint density at radius 2 is 1.75 bits per heavy atom. The highest BCUT2D eigenvalue weighted by Crippen LogP contribution is 2.37. The lowest BCUT2D eigenvalue weighted by molar-refractivity contribution is -0.168. The summed E-state index contributed by atoms with van der Waals surface area (Å²) >= 11 is 0. The second kappa shape index (κ2) is 4.64. The predicted octanol–water partition coefficient (Wildman–Crippen LogP) is 2.77. The summed E-state index contributed by atoms with van der Waals surface area (Å²) in [5.74, 6) is -0.411. The molecule has 1 aliphatic rings. The number of nitrogens with one attached hydrogen (secondary N) is 1. The molecule has 1 unspecified atom stereocenters. The number of hydrogen-bond donors (Lipinski definition) is 1. The summed E-state index contributed by atoms with van der Waals surface area (Å²) < 4.78 is 51.5. The number of hydrogen-bond acceptors (Lipinski definition) is 1. The topological polar surface area (TPSA) is 29.1 Å². The summed E-state index contributed by atoms with van der Waals surface area (Å²) in [6, 6.07) is -1.62. The second-order valence-corrected chi connectivity index (χ2v) is 7.21. The number of rotatable bonds is 3. The second-order valence-electron chi connectivity index (χ2n) is 5.21. The average Bonchev–Trinajstić information content (AvgIpc) is 1.95. The van der Waals surface area contributed by atoms with Crippen molar-refractivity contribution in [1.29, 1.82) is 0 Å². The molecule has 0 aliphatic heterocycles. The van der Waals surface area contributed by atoms with Gasteiger partial charge in [0.25, 0.3) is 0 Å². The minimum atomic E-state index is -4.31. The Labute approximate surface area is 96.6 Å². The van der Waals surface area contributed by atoms with E-state index in [0.717, 1.165) is 6.42 Å². The summed E-state index contributed by atoms with van der Waals surface area (Å²) in [6.45, 7) is 4.97. The van der Waals surface area contributed by atoms with E-state index in [1.807, 2.05) is 0 Å². The molecule has 1 N–H and O–H groups in total. The van der Waals surface area contributed by atoms with Gasteiger partial charge in [0.05, 0.1) is 15.7 Å². The van der Waals surface area contributed by atoms with Gasteiger partial charge in [-0.1, -0.05) is 6.42 Å². The molecule has 2 atom stereocenters. The van der Waals surface area contributed by atoms with E-state index in [4.69, 9.17) is 0 Å². The van der Waals surface area contributed by atoms with Crippen molar-refractivity contribution in [2.24, 2.45) is 5.92 Å². The van der Waals surface area contributed by atoms with Crippen LogP contribution in [0, 0.1) is 5.92 Å². The SMILES string of the molecule is CC(C)(C)[S@](=O)NC(C1CCC1)C(F)(F)F.